The molecule has 1 aromatic heterocycles. The minimum atomic E-state index is 0.562. The molecule has 1 aliphatic rings. The smallest absolute Gasteiger partial charge is 0.120 e. The maximum absolute atomic E-state index is 5.61. The normalized spacial score (nSPS) is 18.9. The van der Waals surface area contributed by atoms with Gasteiger partial charge in [-0.05, 0) is 37.6 Å². The highest BCUT2D eigenvalue weighted by Crippen LogP contribution is 2.31. The van der Waals surface area contributed by atoms with Crippen LogP contribution in [0.25, 0.3) is 10.9 Å². The maximum Gasteiger partial charge on any atom is 0.120 e. The second kappa shape index (κ2) is 4.32. The lowest BCUT2D eigenvalue weighted by Crippen LogP contribution is -2.33. The second-order valence-corrected chi connectivity index (χ2v) is 5.08. The Hall–Kier alpha value is -1.48. The first-order valence-electron chi connectivity index (χ1n) is 6.67. The molecule has 0 radical (unpaired) electrons. The van der Waals surface area contributed by atoms with Gasteiger partial charge in [-0.15, -0.1) is 0 Å². The first-order chi connectivity index (χ1) is 8.70. The van der Waals surface area contributed by atoms with Gasteiger partial charge in [0.25, 0.3) is 0 Å². The Bertz CT molecular complexity index is 586. The van der Waals surface area contributed by atoms with Gasteiger partial charge in [-0.25, -0.2) is 0 Å². The van der Waals surface area contributed by atoms with Crippen molar-refractivity contribution in [3.05, 3.63) is 29.5 Å². The lowest BCUT2D eigenvalue weighted by atomic mass is 10.0. The monoisotopic (exact) mass is 244 g/mol. The molecule has 1 atom stereocenters. The van der Waals surface area contributed by atoms with Crippen molar-refractivity contribution in [3.8, 4) is 5.75 Å². The third-order valence-corrected chi connectivity index (χ3v) is 3.85. The Kier molecular flexibility index (Phi) is 2.78. The largest absolute Gasteiger partial charge is 0.494 e. The van der Waals surface area contributed by atoms with E-state index in [4.69, 9.17) is 4.74 Å². The van der Waals surface area contributed by atoms with Gasteiger partial charge in [0.2, 0.25) is 0 Å². The van der Waals surface area contributed by atoms with Crippen LogP contribution in [0.4, 0.5) is 0 Å². The highest BCUT2D eigenvalue weighted by molar-refractivity contribution is 5.87. The van der Waals surface area contributed by atoms with Gasteiger partial charge < -0.3 is 14.6 Å². The van der Waals surface area contributed by atoms with Crippen molar-refractivity contribution in [1.82, 2.24) is 9.88 Å². The van der Waals surface area contributed by atoms with E-state index in [1.165, 1.54) is 22.2 Å². The number of hydrogen-bond acceptors (Lipinski definition) is 2. The van der Waals surface area contributed by atoms with Crippen molar-refractivity contribution in [1.29, 1.82) is 0 Å². The van der Waals surface area contributed by atoms with Crippen molar-refractivity contribution < 1.29 is 4.74 Å². The third-order valence-electron chi connectivity index (χ3n) is 3.85. The van der Waals surface area contributed by atoms with Gasteiger partial charge in [0, 0.05) is 42.7 Å². The number of nitrogens with zero attached hydrogens (tertiary/aromatic N) is 1. The fourth-order valence-corrected chi connectivity index (χ4v) is 2.90. The quantitative estimate of drug-likeness (QED) is 0.879. The molecule has 0 saturated carbocycles. The second-order valence-electron chi connectivity index (χ2n) is 5.08. The zero-order valence-corrected chi connectivity index (χ0v) is 11.3. The molecule has 0 aliphatic carbocycles. The highest BCUT2D eigenvalue weighted by Gasteiger charge is 2.21. The molecule has 1 N–H and O–H groups in total. The number of nitrogens with one attached hydrogen (secondary N) is 1. The molecular weight excluding hydrogens is 224 g/mol. The molecule has 96 valence electrons. The number of hydrogen-bond donors (Lipinski definition) is 1. The first kappa shape index (κ1) is 11.6. The summed E-state index contributed by atoms with van der Waals surface area (Å²) in [5, 5.41) is 4.87. The Morgan fingerprint density at radius 2 is 2.28 bits per heavy atom. The van der Waals surface area contributed by atoms with E-state index >= 15 is 0 Å². The number of rotatable bonds is 2. The molecule has 2 heterocycles. The zero-order chi connectivity index (χ0) is 12.7. The summed E-state index contributed by atoms with van der Waals surface area (Å²) in [4.78, 5) is 0. The molecule has 0 spiro atoms. The molecule has 1 aliphatic heterocycles. The maximum atomic E-state index is 5.61. The standard InChI is InChI=1S/C15H20N2O/c1-4-18-11-5-6-14-12(8-11)13-9-16-10(2)7-15(13)17(14)3/h5-6,8,10,16H,4,7,9H2,1-3H3. The van der Waals surface area contributed by atoms with Crippen molar-refractivity contribution in [3.63, 3.8) is 0 Å². The van der Waals surface area contributed by atoms with Crippen molar-refractivity contribution >= 4 is 10.9 Å². The fourth-order valence-electron chi connectivity index (χ4n) is 2.90. The zero-order valence-electron chi connectivity index (χ0n) is 11.3. The van der Waals surface area contributed by atoms with Crippen LogP contribution in [-0.4, -0.2) is 17.2 Å². The van der Waals surface area contributed by atoms with Crippen LogP contribution in [0, 0.1) is 0 Å². The van der Waals surface area contributed by atoms with E-state index in [0.29, 0.717) is 6.04 Å². The molecule has 2 aromatic rings. The van der Waals surface area contributed by atoms with Crippen LogP contribution in [0.1, 0.15) is 25.1 Å². The van der Waals surface area contributed by atoms with E-state index < -0.39 is 0 Å². The average molecular weight is 244 g/mol. The molecule has 1 aromatic carbocycles. The Morgan fingerprint density at radius 3 is 3.06 bits per heavy atom. The summed E-state index contributed by atoms with van der Waals surface area (Å²) in [6.45, 7) is 5.94. The van der Waals surface area contributed by atoms with E-state index in [2.05, 4.69) is 42.1 Å². The molecule has 3 heteroatoms. The minimum absolute atomic E-state index is 0.562. The molecule has 0 fully saturated rings. The Labute approximate surface area is 108 Å². The van der Waals surface area contributed by atoms with Gasteiger partial charge in [0.15, 0.2) is 0 Å². The summed E-state index contributed by atoms with van der Waals surface area (Å²) in [5.74, 6) is 0.969. The summed E-state index contributed by atoms with van der Waals surface area (Å²) in [5.41, 5.74) is 4.21. The van der Waals surface area contributed by atoms with E-state index in [1.54, 1.807) is 0 Å². The van der Waals surface area contributed by atoms with Crippen molar-refractivity contribution in [2.24, 2.45) is 7.05 Å². The predicted molar refractivity (Wildman–Crippen MR) is 74.1 cm³/mol. The van der Waals surface area contributed by atoms with Crippen molar-refractivity contribution in [2.45, 2.75) is 32.9 Å². The van der Waals surface area contributed by atoms with E-state index in [0.717, 1.165) is 25.3 Å². The van der Waals surface area contributed by atoms with E-state index in [1.807, 2.05) is 6.92 Å². The molecule has 0 saturated heterocycles. The van der Waals surface area contributed by atoms with Crippen LogP contribution in [0.15, 0.2) is 18.2 Å². The topological polar surface area (TPSA) is 26.2 Å². The number of aromatic nitrogens is 1. The van der Waals surface area contributed by atoms with E-state index in [-0.39, 0.29) is 0 Å². The van der Waals surface area contributed by atoms with Gasteiger partial charge in [-0.1, -0.05) is 0 Å². The predicted octanol–water partition coefficient (Wildman–Crippen LogP) is 2.61. The summed E-state index contributed by atoms with van der Waals surface area (Å²) in [7, 11) is 2.17. The van der Waals surface area contributed by atoms with Gasteiger partial charge >= 0.3 is 0 Å². The van der Waals surface area contributed by atoms with Gasteiger partial charge in [0.1, 0.15) is 5.75 Å². The van der Waals surface area contributed by atoms with Crippen LogP contribution in [-0.2, 0) is 20.0 Å². The van der Waals surface area contributed by atoms with Crippen LogP contribution in [0.5, 0.6) is 5.75 Å². The molecule has 0 bridgehead atoms. The fraction of sp³-hybridized carbons (Fsp3) is 0.467. The summed E-state index contributed by atoms with van der Waals surface area (Å²) >= 11 is 0. The third kappa shape index (κ3) is 1.70. The molecular formula is C15H20N2O. The Morgan fingerprint density at radius 1 is 1.44 bits per heavy atom. The van der Waals surface area contributed by atoms with Crippen LogP contribution in [0.3, 0.4) is 0 Å². The molecule has 3 nitrogen and oxygen atoms in total. The lowest BCUT2D eigenvalue weighted by molar-refractivity contribution is 0.340. The number of fused-ring (bicyclic) bond motifs is 3. The molecule has 0 amide bonds. The lowest BCUT2D eigenvalue weighted by Gasteiger charge is -2.21. The van der Waals surface area contributed by atoms with E-state index in [9.17, 15) is 0 Å². The van der Waals surface area contributed by atoms with Gasteiger partial charge in [-0.3, -0.25) is 0 Å². The first-order valence-corrected chi connectivity index (χ1v) is 6.67. The SMILES string of the molecule is CCOc1ccc2c(c1)c1c(n2C)CC(C)NC1. The summed E-state index contributed by atoms with van der Waals surface area (Å²) in [6.07, 6.45) is 1.10. The molecule has 3 rings (SSSR count). The highest BCUT2D eigenvalue weighted by atomic mass is 16.5. The van der Waals surface area contributed by atoms with Crippen molar-refractivity contribution in [2.75, 3.05) is 6.61 Å². The summed E-state index contributed by atoms with van der Waals surface area (Å²) < 4.78 is 7.94. The van der Waals surface area contributed by atoms with Crippen LogP contribution >= 0.6 is 0 Å². The molecule has 1 unspecified atom stereocenters. The van der Waals surface area contributed by atoms with Gasteiger partial charge in [-0.2, -0.15) is 0 Å². The number of benzene rings is 1. The minimum Gasteiger partial charge on any atom is -0.494 e. The van der Waals surface area contributed by atoms with Gasteiger partial charge in [0.05, 0.1) is 6.61 Å². The summed E-state index contributed by atoms with van der Waals surface area (Å²) in [6, 6.07) is 6.97. The van der Waals surface area contributed by atoms with Crippen LogP contribution in [0.2, 0.25) is 0 Å². The van der Waals surface area contributed by atoms with Crippen LogP contribution < -0.4 is 10.1 Å². The average Bonchev–Trinajstić information content (AvgIpc) is 2.63. The molecule has 18 heavy (non-hydrogen) atoms. The Balaban J connectivity index is 2.17. The number of aryl methyl sites for hydroxylation is 1. The number of ether oxygens (including phenoxy) is 1.